The number of H-pyrrole nitrogens is 1. The van der Waals surface area contributed by atoms with Crippen LogP contribution in [0.15, 0.2) is 6.20 Å². The van der Waals surface area contributed by atoms with Crippen molar-refractivity contribution in [2.45, 2.75) is 6.42 Å². The first-order valence-corrected chi connectivity index (χ1v) is 4.80. The number of amides is 1. The molecule has 1 amide bonds. The lowest BCUT2D eigenvalue weighted by Gasteiger charge is -2.14. The second-order valence-electron chi connectivity index (χ2n) is 3.68. The summed E-state index contributed by atoms with van der Waals surface area (Å²) < 4.78 is 0. The number of aromatic carboxylic acids is 1. The normalized spacial score (nSPS) is 19.6. The van der Waals surface area contributed by atoms with E-state index >= 15 is 0 Å². The molecule has 1 atom stereocenters. The minimum Gasteiger partial charge on any atom is -0.481 e. The van der Waals surface area contributed by atoms with Crippen molar-refractivity contribution in [2.24, 2.45) is 5.92 Å². The molecule has 0 saturated carbocycles. The molecule has 0 aliphatic carbocycles. The molecular weight excluding hydrogens is 230 g/mol. The van der Waals surface area contributed by atoms with Crippen LogP contribution in [0, 0.1) is 5.92 Å². The zero-order valence-electron chi connectivity index (χ0n) is 8.58. The fourth-order valence-corrected chi connectivity index (χ4v) is 1.73. The molecule has 0 aromatic carbocycles. The van der Waals surface area contributed by atoms with E-state index in [4.69, 9.17) is 10.2 Å². The second kappa shape index (κ2) is 3.89. The monoisotopic (exact) mass is 239 g/mol. The van der Waals surface area contributed by atoms with Crippen molar-refractivity contribution in [3.8, 4) is 0 Å². The highest BCUT2D eigenvalue weighted by molar-refractivity contribution is 6.03. The Morgan fingerprint density at radius 3 is 2.71 bits per heavy atom. The van der Waals surface area contributed by atoms with E-state index in [1.165, 1.54) is 0 Å². The zero-order chi connectivity index (χ0) is 12.6. The van der Waals surface area contributed by atoms with Gasteiger partial charge in [0, 0.05) is 13.0 Å². The van der Waals surface area contributed by atoms with E-state index in [1.807, 2.05) is 0 Å². The number of aromatic nitrogens is 2. The number of hydrogen-bond acceptors (Lipinski definition) is 4. The first-order valence-electron chi connectivity index (χ1n) is 4.80. The molecule has 1 aromatic heterocycles. The molecule has 1 aliphatic rings. The van der Waals surface area contributed by atoms with Crippen molar-refractivity contribution in [2.75, 3.05) is 11.4 Å². The van der Waals surface area contributed by atoms with Gasteiger partial charge in [-0.2, -0.15) is 5.10 Å². The lowest BCUT2D eigenvalue weighted by molar-refractivity contribution is -0.141. The maximum atomic E-state index is 11.6. The lowest BCUT2D eigenvalue weighted by atomic mass is 10.1. The van der Waals surface area contributed by atoms with Gasteiger partial charge in [-0.25, -0.2) is 4.79 Å². The SMILES string of the molecule is O=C(O)c1cn[nH]c1N1CC(C(=O)O)CC1=O. The van der Waals surface area contributed by atoms with Gasteiger partial charge < -0.3 is 10.2 Å². The Bertz CT molecular complexity index is 495. The van der Waals surface area contributed by atoms with E-state index in [0.717, 1.165) is 11.1 Å². The van der Waals surface area contributed by atoms with E-state index in [1.54, 1.807) is 0 Å². The maximum absolute atomic E-state index is 11.6. The van der Waals surface area contributed by atoms with Crippen LogP contribution >= 0.6 is 0 Å². The van der Waals surface area contributed by atoms with Crippen molar-refractivity contribution >= 4 is 23.7 Å². The Morgan fingerprint density at radius 2 is 2.18 bits per heavy atom. The first kappa shape index (κ1) is 11.1. The molecule has 1 saturated heterocycles. The third kappa shape index (κ3) is 1.84. The minimum absolute atomic E-state index is 0.0336. The average Bonchev–Trinajstić information content (AvgIpc) is 2.82. The molecule has 2 rings (SSSR count). The molecule has 1 aliphatic heterocycles. The smallest absolute Gasteiger partial charge is 0.341 e. The Balaban J connectivity index is 2.29. The largest absolute Gasteiger partial charge is 0.481 e. The second-order valence-corrected chi connectivity index (χ2v) is 3.68. The highest BCUT2D eigenvalue weighted by atomic mass is 16.4. The Kier molecular flexibility index (Phi) is 2.54. The standard InChI is InChI=1S/C9H9N3O5/c13-6-1-4(8(14)15)3-12(6)7-5(9(16)17)2-10-11-7/h2,4H,1,3H2,(H,10,11)(H,14,15)(H,16,17). The van der Waals surface area contributed by atoms with Crippen molar-refractivity contribution in [3.05, 3.63) is 11.8 Å². The molecule has 8 nitrogen and oxygen atoms in total. The molecule has 0 spiro atoms. The Labute approximate surface area is 94.8 Å². The molecule has 17 heavy (non-hydrogen) atoms. The third-order valence-electron chi connectivity index (χ3n) is 2.59. The van der Waals surface area contributed by atoms with E-state index in [-0.39, 0.29) is 24.3 Å². The van der Waals surface area contributed by atoms with Crippen molar-refractivity contribution < 1.29 is 24.6 Å². The number of nitrogens with zero attached hydrogens (tertiary/aromatic N) is 2. The summed E-state index contributed by atoms with van der Waals surface area (Å²) in [4.78, 5) is 34.3. The molecular formula is C9H9N3O5. The molecule has 1 unspecified atom stereocenters. The number of nitrogens with one attached hydrogen (secondary N) is 1. The van der Waals surface area contributed by atoms with Gasteiger partial charge in [0.05, 0.1) is 12.1 Å². The van der Waals surface area contributed by atoms with Crippen molar-refractivity contribution in [1.29, 1.82) is 0 Å². The zero-order valence-corrected chi connectivity index (χ0v) is 8.58. The number of carboxylic acid groups (broad SMARTS) is 2. The summed E-state index contributed by atoms with van der Waals surface area (Å²) in [6.45, 7) is -0.0450. The Morgan fingerprint density at radius 1 is 1.47 bits per heavy atom. The molecule has 3 N–H and O–H groups in total. The number of carbonyl (C=O) groups is 3. The van der Waals surface area contributed by atoms with Gasteiger partial charge >= 0.3 is 11.9 Å². The van der Waals surface area contributed by atoms with E-state index in [9.17, 15) is 14.4 Å². The molecule has 1 fully saturated rings. The van der Waals surface area contributed by atoms with E-state index in [2.05, 4.69) is 10.2 Å². The van der Waals surface area contributed by atoms with Gasteiger partial charge in [0.15, 0.2) is 0 Å². The summed E-state index contributed by atoms with van der Waals surface area (Å²) >= 11 is 0. The van der Waals surface area contributed by atoms with Crippen LogP contribution in [0.1, 0.15) is 16.8 Å². The first-order chi connectivity index (χ1) is 8.00. The summed E-state index contributed by atoms with van der Waals surface area (Å²) in [5.41, 5.74) is -0.149. The van der Waals surface area contributed by atoms with Gasteiger partial charge in [0.1, 0.15) is 11.4 Å². The van der Waals surface area contributed by atoms with E-state index in [0.29, 0.717) is 0 Å². The summed E-state index contributed by atoms with van der Waals surface area (Å²) in [7, 11) is 0. The number of rotatable bonds is 3. The van der Waals surface area contributed by atoms with Crippen LogP contribution in [0.3, 0.4) is 0 Å². The summed E-state index contributed by atoms with van der Waals surface area (Å²) in [6, 6.07) is 0. The molecule has 0 bridgehead atoms. The highest BCUT2D eigenvalue weighted by Crippen LogP contribution is 2.26. The van der Waals surface area contributed by atoms with Crippen molar-refractivity contribution in [3.63, 3.8) is 0 Å². The average molecular weight is 239 g/mol. The lowest BCUT2D eigenvalue weighted by Crippen LogP contribution is -2.27. The number of anilines is 1. The van der Waals surface area contributed by atoms with Crippen LogP contribution in [0.5, 0.6) is 0 Å². The topological polar surface area (TPSA) is 124 Å². The fourth-order valence-electron chi connectivity index (χ4n) is 1.73. The number of hydrogen-bond donors (Lipinski definition) is 3. The van der Waals surface area contributed by atoms with E-state index < -0.39 is 23.8 Å². The van der Waals surface area contributed by atoms with Gasteiger partial charge in [-0.15, -0.1) is 0 Å². The number of aliphatic carboxylic acids is 1. The van der Waals surface area contributed by atoms with Crippen LogP contribution in [0.2, 0.25) is 0 Å². The highest BCUT2D eigenvalue weighted by Gasteiger charge is 2.37. The quantitative estimate of drug-likeness (QED) is 0.656. The van der Waals surface area contributed by atoms with Gasteiger partial charge in [-0.1, -0.05) is 0 Å². The van der Waals surface area contributed by atoms with Crippen LogP contribution in [0.4, 0.5) is 5.82 Å². The molecule has 8 heteroatoms. The summed E-state index contributed by atoms with van der Waals surface area (Å²) in [5.74, 6) is -3.50. The maximum Gasteiger partial charge on any atom is 0.341 e. The predicted octanol–water partition coefficient (Wildman–Crippen LogP) is -0.455. The number of carboxylic acids is 2. The molecule has 0 radical (unpaired) electrons. The Hall–Kier alpha value is -2.38. The predicted molar refractivity (Wildman–Crippen MR) is 53.6 cm³/mol. The van der Waals surface area contributed by atoms with Gasteiger partial charge in [0.25, 0.3) is 0 Å². The summed E-state index contributed by atoms with van der Waals surface area (Å²) in [5, 5.41) is 23.6. The van der Waals surface area contributed by atoms with Gasteiger partial charge in [0.2, 0.25) is 5.91 Å². The van der Waals surface area contributed by atoms with Gasteiger partial charge in [-0.3, -0.25) is 19.6 Å². The number of carbonyl (C=O) groups excluding carboxylic acids is 1. The van der Waals surface area contributed by atoms with Gasteiger partial charge in [-0.05, 0) is 0 Å². The fraction of sp³-hybridized carbons (Fsp3) is 0.333. The summed E-state index contributed by atoms with van der Waals surface area (Å²) in [6.07, 6.45) is 0.951. The van der Waals surface area contributed by atoms with Crippen LogP contribution in [0.25, 0.3) is 0 Å². The van der Waals surface area contributed by atoms with Crippen molar-refractivity contribution in [1.82, 2.24) is 10.2 Å². The number of aromatic amines is 1. The minimum atomic E-state index is -1.22. The van der Waals surface area contributed by atoms with Crippen LogP contribution in [-0.4, -0.2) is 44.8 Å². The molecule has 2 heterocycles. The third-order valence-corrected chi connectivity index (χ3v) is 2.59. The molecule has 90 valence electrons. The molecule has 1 aromatic rings. The van der Waals surface area contributed by atoms with Crippen LogP contribution in [-0.2, 0) is 9.59 Å². The van der Waals surface area contributed by atoms with Crippen LogP contribution < -0.4 is 4.90 Å².